The van der Waals surface area contributed by atoms with Crippen molar-refractivity contribution in [3.8, 4) is 0 Å². The molecule has 2 heterocycles. The van der Waals surface area contributed by atoms with Crippen LogP contribution in [0, 0.1) is 6.92 Å². The fourth-order valence-electron chi connectivity index (χ4n) is 2.18. The van der Waals surface area contributed by atoms with Crippen molar-refractivity contribution >= 4 is 34.5 Å². The molecule has 1 amide bonds. The molecule has 0 atom stereocenters. The molecule has 0 radical (unpaired) electrons. The molecule has 19 heavy (non-hydrogen) atoms. The minimum absolute atomic E-state index is 0.0721. The van der Waals surface area contributed by atoms with Crippen LogP contribution >= 0.6 is 23.6 Å². The maximum atomic E-state index is 12.0. The maximum absolute atomic E-state index is 12.0. The fraction of sp³-hybridized carbons (Fsp3) is 0.583. The summed E-state index contributed by atoms with van der Waals surface area (Å²) in [6.07, 6.45) is 1.86. The summed E-state index contributed by atoms with van der Waals surface area (Å²) in [4.78, 5) is 18.9. The van der Waals surface area contributed by atoms with Gasteiger partial charge in [0.1, 0.15) is 5.69 Å². The lowest BCUT2D eigenvalue weighted by atomic mass is 10.0. The van der Waals surface area contributed by atoms with Crippen molar-refractivity contribution in [3.63, 3.8) is 0 Å². The third kappa shape index (κ3) is 4.22. The van der Waals surface area contributed by atoms with Gasteiger partial charge < -0.3 is 11.1 Å². The van der Waals surface area contributed by atoms with Gasteiger partial charge >= 0.3 is 0 Å². The molecular weight excluding hydrogens is 280 g/mol. The van der Waals surface area contributed by atoms with E-state index in [-0.39, 0.29) is 11.9 Å². The number of carbonyl (C=O) groups is 1. The van der Waals surface area contributed by atoms with Crippen LogP contribution in [0.3, 0.4) is 0 Å². The van der Waals surface area contributed by atoms with Gasteiger partial charge in [0, 0.05) is 31.1 Å². The molecule has 1 fully saturated rings. The molecule has 0 aromatic carbocycles. The van der Waals surface area contributed by atoms with Crippen LogP contribution in [0.1, 0.15) is 28.3 Å². The molecule has 1 aliphatic heterocycles. The van der Waals surface area contributed by atoms with E-state index >= 15 is 0 Å². The van der Waals surface area contributed by atoms with Crippen LogP contribution in [0.5, 0.6) is 0 Å². The standard InChI is InChI=1S/C12H18N4OS2/c1-8-14-10(7-19-8)12(17)15-9-2-4-16(5-3-9)6-11(13)18/h7,9H,2-6H2,1H3,(H2,13,18)(H,15,17). The van der Waals surface area contributed by atoms with E-state index in [1.807, 2.05) is 6.92 Å². The molecule has 0 unspecified atom stereocenters. The highest BCUT2D eigenvalue weighted by molar-refractivity contribution is 7.80. The predicted octanol–water partition coefficient (Wildman–Crippen LogP) is 0.932. The summed E-state index contributed by atoms with van der Waals surface area (Å²) in [5, 5.41) is 5.75. The molecule has 3 N–H and O–H groups in total. The molecule has 0 bridgehead atoms. The first-order chi connectivity index (χ1) is 9.04. The zero-order chi connectivity index (χ0) is 13.8. The monoisotopic (exact) mass is 298 g/mol. The van der Waals surface area contributed by atoms with Crippen molar-refractivity contribution < 1.29 is 4.79 Å². The van der Waals surface area contributed by atoms with Crippen LogP contribution in [-0.2, 0) is 0 Å². The van der Waals surface area contributed by atoms with Crippen LogP contribution in [0.2, 0.25) is 0 Å². The third-order valence-electron chi connectivity index (χ3n) is 3.15. The quantitative estimate of drug-likeness (QED) is 0.809. The number of aromatic nitrogens is 1. The van der Waals surface area contributed by atoms with Crippen molar-refractivity contribution in [2.45, 2.75) is 25.8 Å². The van der Waals surface area contributed by atoms with Crippen LogP contribution in [0.25, 0.3) is 0 Å². The van der Waals surface area contributed by atoms with Gasteiger partial charge in [-0.05, 0) is 19.8 Å². The topological polar surface area (TPSA) is 71.2 Å². The second kappa shape index (κ2) is 6.40. The molecule has 104 valence electrons. The first kappa shape index (κ1) is 14.4. The number of hydrogen-bond acceptors (Lipinski definition) is 5. The number of piperidine rings is 1. The number of aryl methyl sites for hydroxylation is 1. The Morgan fingerprint density at radius 1 is 1.63 bits per heavy atom. The van der Waals surface area contributed by atoms with Crippen molar-refractivity contribution in [3.05, 3.63) is 16.1 Å². The predicted molar refractivity (Wildman–Crippen MR) is 80.6 cm³/mol. The van der Waals surface area contributed by atoms with Gasteiger partial charge in [-0.3, -0.25) is 9.69 Å². The minimum atomic E-state index is -0.0721. The summed E-state index contributed by atoms with van der Waals surface area (Å²) >= 11 is 6.39. The van der Waals surface area contributed by atoms with E-state index < -0.39 is 0 Å². The highest BCUT2D eigenvalue weighted by Crippen LogP contribution is 2.12. The smallest absolute Gasteiger partial charge is 0.270 e. The lowest BCUT2D eigenvalue weighted by Crippen LogP contribution is -2.46. The average molecular weight is 298 g/mol. The zero-order valence-electron chi connectivity index (χ0n) is 10.9. The van der Waals surface area contributed by atoms with Crippen molar-refractivity contribution in [1.82, 2.24) is 15.2 Å². The molecule has 1 aromatic rings. The van der Waals surface area contributed by atoms with Crippen molar-refractivity contribution in [2.24, 2.45) is 5.73 Å². The van der Waals surface area contributed by atoms with Gasteiger partial charge in [-0.25, -0.2) is 4.98 Å². The molecule has 1 saturated heterocycles. The molecular formula is C12H18N4OS2. The van der Waals surface area contributed by atoms with Gasteiger partial charge in [-0.2, -0.15) is 0 Å². The van der Waals surface area contributed by atoms with Crippen LogP contribution in [0.15, 0.2) is 5.38 Å². The summed E-state index contributed by atoms with van der Waals surface area (Å²) in [7, 11) is 0. The molecule has 5 nitrogen and oxygen atoms in total. The summed E-state index contributed by atoms with van der Waals surface area (Å²) < 4.78 is 0. The maximum Gasteiger partial charge on any atom is 0.270 e. The third-order valence-corrected chi connectivity index (χ3v) is 4.06. The Balaban J connectivity index is 1.79. The first-order valence-electron chi connectivity index (χ1n) is 6.28. The SMILES string of the molecule is Cc1nc(C(=O)NC2CCN(CC(N)=S)CC2)cs1. The van der Waals surface area contributed by atoms with Crippen LogP contribution in [0.4, 0.5) is 0 Å². The normalized spacial score (nSPS) is 17.3. The van der Waals surface area contributed by atoms with Crippen LogP contribution in [-0.4, -0.2) is 46.5 Å². The second-order valence-electron chi connectivity index (χ2n) is 4.74. The Hall–Kier alpha value is -1.05. The number of hydrogen-bond donors (Lipinski definition) is 2. The number of rotatable bonds is 4. The van der Waals surface area contributed by atoms with E-state index in [1.165, 1.54) is 11.3 Å². The minimum Gasteiger partial charge on any atom is -0.392 e. The van der Waals surface area contributed by atoms with E-state index in [0.717, 1.165) is 30.9 Å². The van der Waals surface area contributed by atoms with E-state index in [4.69, 9.17) is 18.0 Å². The Morgan fingerprint density at radius 2 is 2.32 bits per heavy atom. The average Bonchev–Trinajstić information content (AvgIpc) is 2.78. The van der Waals surface area contributed by atoms with E-state index in [2.05, 4.69) is 15.2 Å². The summed E-state index contributed by atoms with van der Waals surface area (Å²) in [5.74, 6) is -0.0721. The Bertz CT molecular complexity index is 466. The number of nitrogens with zero attached hydrogens (tertiary/aromatic N) is 2. The van der Waals surface area contributed by atoms with Gasteiger partial charge in [0.25, 0.3) is 5.91 Å². The number of amides is 1. The molecule has 1 aliphatic rings. The Kier molecular flexibility index (Phi) is 4.84. The van der Waals surface area contributed by atoms with Gasteiger partial charge in [-0.15, -0.1) is 11.3 Å². The Morgan fingerprint density at radius 3 is 2.84 bits per heavy atom. The number of likely N-dealkylation sites (tertiary alicyclic amines) is 1. The highest BCUT2D eigenvalue weighted by Gasteiger charge is 2.22. The molecule has 0 aliphatic carbocycles. The summed E-state index contributed by atoms with van der Waals surface area (Å²) in [6, 6.07) is 0.220. The molecule has 7 heteroatoms. The molecule has 0 saturated carbocycles. The van der Waals surface area contributed by atoms with Gasteiger partial charge in [0.05, 0.1) is 10.00 Å². The number of nitrogens with one attached hydrogen (secondary N) is 1. The summed E-state index contributed by atoms with van der Waals surface area (Å²) in [5.41, 5.74) is 6.05. The first-order valence-corrected chi connectivity index (χ1v) is 7.57. The van der Waals surface area contributed by atoms with E-state index in [1.54, 1.807) is 5.38 Å². The van der Waals surface area contributed by atoms with Gasteiger partial charge in [-0.1, -0.05) is 12.2 Å². The number of thiazole rings is 1. The van der Waals surface area contributed by atoms with Crippen molar-refractivity contribution in [1.29, 1.82) is 0 Å². The van der Waals surface area contributed by atoms with Gasteiger partial charge in [0.2, 0.25) is 0 Å². The lowest BCUT2D eigenvalue weighted by molar-refractivity contribution is 0.0910. The van der Waals surface area contributed by atoms with E-state index in [0.29, 0.717) is 17.2 Å². The van der Waals surface area contributed by atoms with Crippen molar-refractivity contribution in [2.75, 3.05) is 19.6 Å². The second-order valence-corrected chi connectivity index (χ2v) is 6.33. The van der Waals surface area contributed by atoms with E-state index in [9.17, 15) is 4.79 Å². The highest BCUT2D eigenvalue weighted by atomic mass is 32.1. The number of thiocarbonyl (C=S) groups is 1. The number of carbonyl (C=O) groups excluding carboxylic acids is 1. The molecule has 1 aromatic heterocycles. The van der Waals surface area contributed by atoms with Gasteiger partial charge in [0.15, 0.2) is 0 Å². The Labute approximate surface area is 122 Å². The molecule has 2 rings (SSSR count). The van der Waals surface area contributed by atoms with Crippen LogP contribution < -0.4 is 11.1 Å². The number of nitrogens with two attached hydrogens (primary N) is 1. The zero-order valence-corrected chi connectivity index (χ0v) is 12.5. The molecule has 0 spiro atoms. The summed E-state index contributed by atoms with van der Waals surface area (Å²) in [6.45, 7) is 4.40. The fourth-order valence-corrected chi connectivity index (χ4v) is 2.96. The largest absolute Gasteiger partial charge is 0.392 e. The lowest BCUT2D eigenvalue weighted by Gasteiger charge is -2.31.